The highest BCUT2D eigenvalue weighted by Gasteiger charge is 2.20. The summed E-state index contributed by atoms with van der Waals surface area (Å²) in [7, 11) is 0. The van der Waals surface area contributed by atoms with E-state index in [-0.39, 0.29) is 23.9 Å². The van der Waals surface area contributed by atoms with E-state index in [0.717, 1.165) is 0 Å². The number of nitrogens with one attached hydrogen (secondary N) is 1. The normalized spacial score (nSPS) is 10.8. The van der Waals surface area contributed by atoms with Crippen LogP contribution < -0.4 is 10.2 Å². The van der Waals surface area contributed by atoms with E-state index in [4.69, 9.17) is 4.74 Å². The van der Waals surface area contributed by atoms with Crippen LogP contribution in [0, 0.1) is 0 Å². The van der Waals surface area contributed by atoms with E-state index >= 15 is 0 Å². The van der Waals surface area contributed by atoms with E-state index in [0.29, 0.717) is 17.9 Å². The van der Waals surface area contributed by atoms with Crippen LogP contribution in [0.4, 0.5) is 5.69 Å². The van der Waals surface area contributed by atoms with Crippen molar-refractivity contribution in [1.29, 1.82) is 0 Å². The van der Waals surface area contributed by atoms with Gasteiger partial charge in [0.2, 0.25) is 11.8 Å². The van der Waals surface area contributed by atoms with Gasteiger partial charge in [-0.25, -0.2) is 4.79 Å². The number of anilines is 1. The Morgan fingerprint density at radius 1 is 1.13 bits per heavy atom. The minimum absolute atomic E-state index is 0.0780. The molecule has 126 valence electrons. The Labute approximate surface area is 136 Å². The number of nitrogens with zero attached hydrogens (tertiary/aromatic N) is 1. The van der Waals surface area contributed by atoms with E-state index in [1.165, 1.54) is 11.8 Å². The van der Waals surface area contributed by atoms with E-state index in [2.05, 4.69) is 5.32 Å². The third-order valence-corrected chi connectivity index (χ3v) is 2.89. The molecular formula is C17H24N2O4. The zero-order chi connectivity index (χ0) is 17.6. The van der Waals surface area contributed by atoms with Gasteiger partial charge in [0.1, 0.15) is 6.54 Å². The molecule has 0 saturated carbocycles. The molecule has 2 amide bonds. The third-order valence-electron chi connectivity index (χ3n) is 2.89. The summed E-state index contributed by atoms with van der Waals surface area (Å²) in [4.78, 5) is 36.8. The van der Waals surface area contributed by atoms with Crippen molar-refractivity contribution in [2.45, 2.75) is 40.2 Å². The number of hydrogen-bond donors (Lipinski definition) is 1. The second kappa shape index (κ2) is 7.76. The van der Waals surface area contributed by atoms with Crippen LogP contribution in [0.1, 0.15) is 45.0 Å². The summed E-state index contributed by atoms with van der Waals surface area (Å²) < 4.78 is 4.91. The van der Waals surface area contributed by atoms with Gasteiger partial charge in [-0.2, -0.15) is 0 Å². The highest BCUT2D eigenvalue weighted by Crippen LogP contribution is 2.16. The Bertz CT molecular complexity index is 573. The van der Waals surface area contributed by atoms with Crippen LogP contribution in [0.5, 0.6) is 0 Å². The van der Waals surface area contributed by atoms with Gasteiger partial charge in [0, 0.05) is 18.2 Å². The van der Waals surface area contributed by atoms with Gasteiger partial charge < -0.3 is 15.0 Å². The van der Waals surface area contributed by atoms with Gasteiger partial charge in [-0.1, -0.05) is 0 Å². The molecule has 0 aliphatic rings. The molecule has 0 radical (unpaired) electrons. The second-order valence-corrected chi connectivity index (χ2v) is 6.17. The van der Waals surface area contributed by atoms with Gasteiger partial charge in [0.25, 0.3) is 0 Å². The maximum atomic E-state index is 12.0. The van der Waals surface area contributed by atoms with Crippen molar-refractivity contribution < 1.29 is 19.1 Å². The van der Waals surface area contributed by atoms with Crippen LogP contribution >= 0.6 is 0 Å². The molecule has 1 aromatic rings. The number of benzene rings is 1. The van der Waals surface area contributed by atoms with Crippen molar-refractivity contribution >= 4 is 23.5 Å². The van der Waals surface area contributed by atoms with Gasteiger partial charge >= 0.3 is 5.97 Å². The molecule has 0 atom stereocenters. The molecule has 0 aliphatic carbocycles. The Morgan fingerprint density at radius 2 is 1.70 bits per heavy atom. The van der Waals surface area contributed by atoms with Gasteiger partial charge in [0.15, 0.2) is 0 Å². The summed E-state index contributed by atoms with van der Waals surface area (Å²) in [6.45, 7) is 8.96. The van der Waals surface area contributed by atoms with Crippen molar-refractivity contribution in [3.63, 3.8) is 0 Å². The fourth-order valence-corrected chi connectivity index (χ4v) is 1.98. The lowest BCUT2D eigenvalue weighted by Gasteiger charge is -2.25. The van der Waals surface area contributed by atoms with Gasteiger partial charge in [-0.3, -0.25) is 9.59 Å². The highest BCUT2D eigenvalue weighted by atomic mass is 16.5. The minimum atomic E-state index is -0.418. The number of hydrogen-bond acceptors (Lipinski definition) is 4. The maximum absolute atomic E-state index is 12.0. The molecule has 0 heterocycles. The monoisotopic (exact) mass is 320 g/mol. The largest absolute Gasteiger partial charge is 0.462 e. The van der Waals surface area contributed by atoms with E-state index in [1.807, 2.05) is 20.8 Å². The predicted molar refractivity (Wildman–Crippen MR) is 88.3 cm³/mol. The standard InChI is InChI=1S/C17H24N2O4/c1-6-23-16(22)13-7-9-14(10-8-13)19(12(2)20)11-15(21)18-17(3,4)5/h7-10H,6,11H2,1-5H3,(H,18,21). The molecule has 23 heavy (non-hydrogen) atoms. The second-order valence-electron chi connectivity index (χ2n) is 6.17. The number of amides is 2. The number of esters is 1. The molecule has 0 saturated heterocycles. The average molecular weight is 320 g/mol. The molecule has 0 fully saturated rings. The summed E-state index contributed by atoms with van der Waals surface area (Å²) in [5.74, 6) is -0.918. The van der Waals surface area contributed by atoms with Crippen molar-refractivity contribution in [3.05, 3.63) is 29.8 Å². The third kappa shape index (κ3) is 6.10. The Kier molecular flexibility index (Phi) is 6.30. The number of ether oxygens (including phenoxy) is 1. The molecule has 0 unspecified atom stereocenters. The van der Waals surface area contributed by atoms with E-state index in [9.17, 15) is 14.4 Å². The first-order chi connectivity index (χ1) is 10.6. The van der Waals surface area contributed by atoms with Gasteiger partial charge in [-0.15, -0.1) is 0 Å². The van der Waals surface area contributed by atoms with Gasteiger partial charge in [-0.05, 0) is 52.0 Å². The molecule has 1 N–H and O–H groups in total. The van der Waals surface area contributed by atoms with Crippen LogP contribution in [0.2, 0.25) is 0 Å². The number of carbonyl (C=O) groups is 3. The lowest BCUT2D eigenvalue weighted by Crippen LogP contribution is -2.47. The molecule has 0 bridgehead atoms. The maximum Gasteiger partial charge on any atom is 0.338 e. The van der Waals surface area contributed by atoms with Crippen LogP contribution in [0.15, 0.2) is 24.3 Å². The zero-order valence-electron chi connectivity index (χ0n) is 14.3. The molecule has 6 heteroatoms. The summed E-state index contributed by atoms with van der Waals surface area (Å²) >= 11 is 0. The summed E-state index contributed by atoms with van der Waals surface area (Å²) in [5, 5.41) is 2.81. The molecule has 0 spiro atoms. The first-order valence-corrected chi connectivity index (χ1v) is 7.50. The highest BCUT2D eigenvalue weighted by molar-refractivity contribution is 5.98. The first-order valence-electron chi connectivity index (χ1n) is 7.50. The van der Waals surface area contributed by atoms with Crippen molar-refractivity contribution in [2.24, 2.45) is 0 Å². The quantitative estimate of drug-likeness (QED) is 0.843. The minimum Gasteiger partial charge on any atom is -0.462 e. The predicted octanol–water partition coefficient (Wildman–Crippen LogP) is 2.13. The Balaban J connectivity index is 2.88. The Hall–Kier alpha value is -2.37. The van der Waals surface area contributed by atoms with Crippen LogP contribution in [-0.2, 0) is 14.3 Å². The zero-order valence-corrected chi connectivity index (χ0v) is 14.3. The number of carbonyl (C=O) groups excluding carboxylic acids is 3. The Morgan fingerprint density at radius 3 is 2.13 bits per heavy atom. The summed E-state index contributed by atoms with van der Waals surface area (Å²) in [5.41, 5.74) is 0.584. The molecule has 1 aromatic carbocycles. The lowest BCUT2D eigenvalue weighted by molar-refractivity contribution is -0.124. The van der Waals surface area contributed by atoms with E-state index in [1.54, 1.807) is 31.2 Å². The fourth-order valence-electron chi connectivity index (χ4n) is 1.98. The summed E-state index contributed by atoms with van der Waals surface area (Å²) in [6, 6.07) is 6.39. The lowest BCUT2D eigenvalue weighted by atomic mass is 10.1. The van der Waals surface area contributed by atoms with Gasteiger partial charge in [0.05, 0.1) is 12.2 Å². The molecular weight excluding hydrogens is 296 g/mol. The SMILES string of the molecule is CCOC(=O)c1ccc(N(CC(=O)NC(C)(C)C)C(C)=O)cc1. The topological polar surface area (TPSA) is 75.7 Å². The molecule has 0 aromatic heterocycles. The fraction of sp³-hybridized carbons (Fsp3) is 0.471. The van der Waals surface area contributed by atoms with Crippen LogP contribution in [-0.4, -0.2) is 36.5 Å². The molecule has 1 rings (SSSR count). The first kappa shape index (κ1) is 18.7. The van der Waals surface area contributed by atoms with Crippen molar-refractivity contribution in [1.82, 2.24) is 5.32 Å². The van der Waals surface area contributed by atoms with Crippen molar-refractivity contribution in [3.8, 4) is 0 Å². The summed E-state index contributed by atoms with van der Waals surface area (Å²) in [6.07, 6.45) is 0. The van der Waals surface area contributed by atoms with E-state index < -0.39 is 5.97 Å². The number of rotatable bonds is 5. The molecule has 6 nitrogen and oxygen atoms in total. The smallest absolute Gasteiger partial charge is 0.338 e. The average Bonchev–Trinajstić information content (AvgIpc) is 2.43. The van der Waals surface area contributed by atoms with Crippen LogP contribution in [0.3, 0.4) is 0 Å². The van der Waals surface area contributed by atoms with Crippen molar-refractivity contribution in [2.75, 3.05) is 18.1 Å². The molecule has 0 aliphatic heterocycles. The van der Waals surface area contributed by atoms with Crippen LogP contribution in [0.25, 0.3) is 0 Å².